The van der Waals surface area contributed by atoms with Gasteiger partial charge in [-0.25, -0.2) is 4.98 Å². The predicted octanol–water partition coefficient (Wildman–Crippen LogP) is 5.79. The van der Waals surface area contributed by atoms with Gasteiger partial charge < -0.3 is 14.0 Å². The molecule has 0 unspecified atom stereocenters. The predicted molar refractivity (Wildman–Crippen MR) is 109 cm³/mol. The van der Waals surface area contributed by atoms with Gasteiger partial charge in [-0.3, -0.25) is 0 Å². The number of benzene rings is 3. The van der Waals surface area contributed by atoms with E-state index in [1.54, 1.807) is 26.4 Å². The van der Waals surface area contributed by atoms with E-state index >= 15 is 0 Å². The van der Waals surface area contributed by atoms with Gasteiger partial charge >= 0.3 is 6.18 Å². The molecule has 0 fully saturated rings. The molecule has 30 heavy (non-hydrogen) atoms. The Morgan fingerprint density at radius 1 is 0.867 bits per heavy atom. The molecule has 7 heteroatoms. The topological polar surface area (TPSA) is 36.3 Å². The van der Waals surface area contributed by atoms with Gasteiger partial charge in [0.05, 0.1) is 30.8 Å². The van der Waals surface area contributed by atoms with Crippen LogP contribution >= 0.6 is 0 Å². The fourth-order valence-corrected chi connectivity index (χ4v) is 3.42. The Labute approximate surface area is 171 Å². The number of fused-ring (bicyclic) bond motifs is 1. The van der Waals surface area contributed by atoms with E-state index in [0.717, 1.165) is 22.7 Å². The third-order valence-corrected chi connectivity index (χ3v) is 4.86. The summed E-state index contributed by atoms with van der Waals surface area (Å²) in [6.07, 6.45) is -4.39. The van der Waals surface area contributed by atoms with Crippen molar-refractivity contribution in [2.24, 2.45) is 0 Å². The highest BCUT2D eigenvalue weighted by atomic mass is 19.4. The fraction of sp³-hybridized carbons (Fsp3) is 0.174. The molecule has 0 radical (unpaired) electrons. The van der Waals surface area contributed by atoms with E-state index in [1.165, 1.54) is 12.1 Å². The van der Waals surface area contributed by atoms with Crippen molar-refractivity contribution in [1.29, 1.82) is 0 Å². The van der Waals surface area contributed by atoms with Gasteiger partial charge in [0, 0.05) is 18.2 Å². The van der Waals surface area contributed by atoms with Gasteiger partial charge in [-0.15, -0.1) is 0 Å². The standard InChI is InChI=1S/C23H19F3N2O2/c1-29-18-11-16(12-19(13-18)30-2)22-27-20-8-3-4-9-21(20)28(22)14-15-6-5-7-17(10-15)23(24,25)26/h3-13H,14H2,1-2H3. The highest BCUT2D eigenvalue weighted by Gasteiger charge is 2.30. The number of ether oxygens (including phenoxy) is 2. The van der Waals surface area contributed by atoms with Crippen LogP contribution in [0.4, 0.5) is 13.2 Å². The Kier molecular flexibility index (Phi) is 5.11. The number of methoxy groups -OCH3 is 2. The molecule has 1 aromatic heterocycles. The van der Waals surface area contributed by atoms with Crippen molar-refractivity contribution in [3.05, 3.63) is 77.9 Å². The smallest absolute Gasteiger partial charge is 0.416 e. The van der Waals surface area contributed by atoms with Gasteiger partial charge in [-0.05, 0) is 42.0 Å². The molecule has 0 saturated carbocycles. The van der Waals surface area contributed by atoms with Crippen LogP contribution in [-0.4, -0.2) is 23.8 Å². The van der Waals surface area contributed by atoms with E-state index in [1.807, 2.05) is 41.0 Å². The summed E-state index contributed by atoms with van der Waals surface area (Å²) < 4.78 is 52.1. The van der Waals surface area contributed by atoms with Crippen LogP contribution in [-0.2, 0) is 12.7 Å². The number of hydrogen-bond acceptors (Lipinski definition) is 3. The van der Waals surface area contributed by atoms with Crippen molar-refractivity contribution in [1.82, 2.24) is 9.55 Å². The van der Waals surface area contributed by atoms with E-state index in [9.17, 15) is 13.2 Å². The first-order chi connectivity index (χ1) is 14.4. The van der Waals surface area contributed by atoms with E-state index in [4.69, 9.17) is 14.5 Å². The SMILES string of the molecule is COc1cc(OC)cc(-c2nc3ccccc3n2Cc2cccc(C(F)(F)F)c2)c1. The molecular weight excluding hydrogens is 393 g/mol. The molecule has 4 rings (SSSR count). The molecule has 4 aromatic rings. The average molecular weight is 412 g/mol. The zero-order valence-corrected chi connectivity index (χ0v) is 16.4. The lowest BCUT2D eigenvalue weighted by atomic mass is 10.1. The van der Waals surface area contributed by atoms with Crippen LogP contribution in [0.25, 0.3) is 22.4 Å². The van der Waals surface area contributed by atoms with E-state index in [2.05, 4.69) is 0 Å². The van der Waals surface area contributed by atoms with E-state index in [-0.39, 0.29) is 6.54 Å². The first kappa shape index (κ1) is 19.8. The molecule has 154 valence electrons. The summed E-state index contributed by atoms with van der Waals surface area (Å²) >= 11 is 0. The Hall–Kier alpha value is -3.48. The lowest BCUT2D eigenvalue weighted by molar-refractivity contribution is -0.137. The van der Waals surface area contributed by atoms with Crippen LogP contribution in [0.15, 0.2) is 66.7 Å². The summed E-state index contributed by atoms with van der Waals surface area (Å²) in [6.45, 7) is 0.235. The monoisotopic (exact) mass is 412 g/mol. The van der Waals surface area contributed by atoms with Crippen LogP contribution in [0.3, 0.4) is 0 Å². The minimum Gasteiger partial charge on any atom is -0.497 e. The second-order valence-electron chi connectivity index (χ2n) is 6.81. The lowest BCUT2D eigenvalue weighted by Crippen LogP contribution is -2.07. The van der Waals surface area contributed by atoms with Gasteiger partial charge in [-0.1, -0.05) is 24.3 Å². The van der Waals surface area contributed by atoms with Gasteiger partial charge in [0.1, 0.15) is 17.3 Å². The maximum atomic E-state index is 13.2. The molecule has 0 aliphatic carbocycles. The molecule has 0 saturated heterocycles. The average Bonchev–Trinajstić information content (AvgIpc) is 3.11. The maximum Gasteiger partial charge on any atom is 0.416 e. The zero-order chi connectivity index (χ0) is 21.3. The third-order valence-electron chi connectivity index (χ3n) is 4.86. The number of para-hydroxylation sites is 2. The molecule has 3 aromatic carbocycles. The quantitative estimate of drug-likeness (QED) is 0.416. The summed E-state index contributed by atoms with van der Waals surface area (Å²) in [5.41, 5.74) is 2.18. The lowest BCUT2D eigenvalue weighted by Gasteiger charge is -2.13. The first-order valence-corrected chi connectivity index (χ1v) is 9.24. The van der Waals surface area contributed by atoms with E-state index < -0.39 is 11.7 Å². The Morgan fingerprint density at radius 3 is 2.23 bits per heavy atom. The largest absolute Gasteiger partial charge is 0.497 e. The second-order valence-corrected chi connectivity index (χ2v) is 6.81. The minimum absolute atomic E-state index is 0.235. The number of rotatable bonds is 5. The zero-order valence-electron chi connectivity index (χ0n) is 16.4. The summed E-state index contributed by atoms with van der Waals surface area (Å²) in [7, 11) is 3.12. The fourth-order valence-electron chi connectivity index (χ4n) is 3.42. The van der Waals surface area contributed by atoms with Crippen LogP contribution in [0.2, 0.25) is 0 Å². The Balaban J connectivity index is 1.87. The van der Waals surface area contributed by atoms with Crippen molar-refractivity contribution in [3.8, 4) is 22.9 Å². The number of halogens is 3. The normalized spacial score (nSPS) is 11.6. The van der Waals surface area contributed by atoms with Crippen molar-refractivity contribution in [2.75, 3.05) is 14.2 Å². The van der Waals surface area contributed by atoms with Gasteiger partial charge in [0.25, 0.3) is 0 Å². The first-order valence-electron chi connectivity index (χ1n) is 9.24. The third kappa shape index (κ3) is 3.83. The molecule has 0 aliphatic heterocycles. The molecule has 0 amide bonds. The van der Waals surface area contributed by atoms with Crippen molar-refractivity contribution in [2.45, 2.75) is 12.7 Å². The molecule has 0 bridgehead atoms. The van der Waals surface area contributed by atoms with Crippen molar-refractivity contribution in [3.63, 3.8) is 0 Å². The molecule has 0 atom stereocenters. The number of imidazole rings is 1. The summed E-state index contributed by atoms with van der Waals surface area (Å²) in [6, 6.07) is 18.3. The second kappa shape index (κ2) is 7.74. The highest BCUT2D eigenvalue weighted by molar-refractivity contribution is 5.81. The summed E-state index contributed by atoms with van der Waals surface area (Å²) in [5.74, 6) is 1.81. The molecule has 0 N–H and O–H groups in total. The Bertz CT molecular complexity index is 1180. The van der Waals surface area contributed by atoms with Crippen LogP contribution in [0.1, 0.15) is 11.1 Å². The van der Waals surface area contributed by atoms with Crippen molar-refractivity contribution >= 4 is 11.0 Å². The Morgan fingerprint density at radius 2 is 1.57 bits per heavy atom. The maximum absolute atomic E-state index is 13.2. The van der Waals surface area contributed by atoms with Crippen molar-refractivity contribution < 1.29 is 22.6 Å². The number of nitrogens with zero attached hydrogens (tertiary/aromatic N) is 2. The summed E-state index contributed by atoms with van der Waals surface area (Å²) in [4.78, 5) is 4.73. The molecule has 0 spiro atoms. The van der Waals surface area contributed by atoms with E-state index in [0.29, 0.717) is 22.9 Å². The number of hydrogen-bond donors (Lipinski definition) is 0. The minimum atomic E-state index is -4.39. The number of aromatic nitrogens is 2. The molecule has 4 nitrogen and oxygen atoms in total. The molecular formula is C23H19F3N2O2. The molecule has 0 aliphatic rings. The van der Waals surface area contributed by atoms with Gasteiger partial charge in [-0.2, -0.15) is 13.2 Å². The van der Waals surface area contributed by atoms with Crippen LogP contribution < -0.4 is 9.47 Å². The van der Waals surface area contributed by atoms with Crippen LogP contribution in [0, 0.1) is 0 Å². The summed E-state index contributed by atoms with van der Waals surface area (Å²) in [5, 5.41) is 0. The van der Waals surface area contributed by atoms with Gasteiger partial charge in [0.2, 0.25) is 0 Å². The van der Waals surface area contributed by atoms with Gasteiger partial charge in [0.15, 0.2) is 0 Å². The highest BCUT2D eigenvalue weighted by Crippen LogP contribution is 2.33. The number of alkyl halides is 3. The van der Waals surface area contributed by atoms with Crippen LogP contribution in [0.5, 0.6) is 11.5 Å². The molecule has 1 heterocycles.